The molecule has 1 N–H and O–H groups in total. The molecule has 0 aliphatic heterocycles. The van der Waals surface area contributed by atoms with Gasteiger partial charge < -0.3 is 5.32 Å². The quantitative estimate of drug-likeness (QED) is 0.906. The van der Waals surface area contributed by atoms with Crippen LogP contribution in [-0.2, 0) is 11.2 Å². The zero-order valence-corrected chi connectivity index (χ0v) is 12.4. The first kappa shape index (κ1) is 14.5. The molecule has 0 atom stereocenters. The van der Waals surface area contributed by atoms with Crippen molar-refractivity contribution in [2.75, 3.05) is 6.54 Å². The molecule has 0 bridgehead atoms. The van der Waals surface area contributed by atoms with E-state index in [9.17, 15) is 4.79 Å². The fraction of sp³-hybridized carbons (Fsp3) is 0.412. The van der Waals surface area contributed by atoms with Crippen LogP contribution in [0.25, 0.3) is 10.9 Å². The van der Waals surface area contributed by atoms with E-state index in [2.05, 4.69) is 49.3 Å². The first-order valence-electron chi connectivity index (χ1n) is 7.17. The maximum atomic E-state index is 11.7. The van der Waals surface area contributed by atoms with Crippen LogP contribution in [0.2, 0.25) is 0 Å². The number of rotatable bonds is 5. The van der Waals surface area contributed by atoms with E-state index < -0.39 is 0 Å². The molecule has 0 radical (unpaired) electrons. The van der Waals surface area contributed by atoms with Gasteiger partial charge in [-0.1, -0.05) is 31.5 Å². The van der Waals surface area contributed by atoms with Crippen molar-refractivity contribution in [3.05, 3.63) is 41.6 Å². The van der Waals surface area contributed by atoms with Crippen molar-refractivity contribution >= 4 is 16.8 Å². The second-order valence-electron chi connectivity index (χ2n) is 5.70. The first-order valence-corrected chi connectivity index (χ1v) is 7.17. The van der Waals surface area contributed by atoms with E-state index in [0.717, 1.165) is 23.1 Å². The highest BCUT2D eigenvalue weighted by Crippen LogP contribution is 2.15. The molecule has 0 fully saturated rings. The van der Waals surface area contributed by atoms with Gasteiger partial charge in [-0.2, -0.15) is 0 Å². The Balaban J connectivity index is 1.96. The molecule has 0 unspecified atom stereocenters. The normalized spacial score (nSPS) is 11.0. The minimum Gasteiger partial charge on any atom is -0.356 e. The maximum absolute atomic E-state index is 11.7. The Morgan fingerprint density at radius 1 is 1.25 bits per heavy atom. The van der Waals surface area contributed by atoms with E-state index in [1.165, 1.54) is 5.56 Å². The molecular weight excluding hydrogens is 248 g/mol. The van der Waals surface area contributed by atoms with Crippen molar-refractivity contribution in [1.29, 1.82) is 0 Å². The Hall–Kier alpha value is -1.90. The summed E-state index contributed by atoms with van der Waals surface area (Å²) in [7, 11) is 0. The molecule has 0 aliphatic carbocycles. The molecule has 3 heteroatoms. The maximum Gasteiger partial charge on any atom is 0.220 e. The third kappa shape index (κ3) is 4.05. The van der Waals surface area contributed by atoms with Gasteiger partial charge in [0.2, 0.25) is 5.91 Å². The minimum absolute atomic E-state index is 0.101. The van der Waals surface area contributed by atoms with Crippen molar-refractivity contribution in [3.63, 3.8) is 0 Å². The lowest BCUT2D eigenvalue weighted by molar-refractivity contribution is -0.121. The van der Waals surface area contributed by atoms with E-state index in [1.807, 2.05) is 12.1 Å². The number of benzene rings is 1. The highest BCUT2D eigenvalue weighted by Gasteiger charge is 2.05. The molecule has 3 nitrogen and oxygen atoms in total. The number of nitrogens with one attached hydrogen (secondary N) is 1. The van der Waals surface area contributed by atoms with Gasteiger partial charge in [-0.05, 0) is 37.5 Å². The smallest absolute Gasteiger partial charge is 0.220 e. The molecule has 0 spiro atoms. The zero-order valence-electron chi connectivity index (χ0n) is 12.4. The molecule has 2 aromatic rings. The summed E-state index contributed by atoms with van der Waals surface area (Å²) in [6, 6.07) is 10.3. The second-order valence-corrected chi connectivity index (χ2v) is 5.70. The summed E-state index contributed by atoms with van der Waals surface area (Å²) in [5.41, 5.74) is 3.21. The van der Waals surface area contributed by atoms with Crippen LogP contribution < -0.4 is 5.32 Å². The Kier molecular flexibility index (Phi) is 4.72. The average molecular weight is 270 g/mol. The molecule has 1 heterocycles. The van der Waals surface area contributed by atoms with Gasteiger partial charge in [0, 0.05) is 24.0 Å². The van der Waals surface area contributed by atoms with E-state index >= 15 is 0 Å². The molecule has 0 saturated carbocycles. The standard InChI is InChI=1S/C17H22N2O/c1-12(2)11-18-17(20)9-7-15-6-5-14-10-13(3)4-8-16(14)19-15/h4-6,8,10,12H,7,9,11H2,1-3H3,(H,18,20). The lowest BCUT2D eigenvalue weighted by Crippen LogP contribution is -2.27. The highest BCUT2D eigenvalue weighted by atomic mass is 16.1. The Labute approximate surface area is 120 Å². The third-order valence-electron chi connectivity index (χ3n) is 3.22. The van der Waals surface area contributed by atoms with Crippen LogP contribution in [0.5, 0.6) is 0 Å². The summed E-state index contributed by atoms with van der Waals surface area (Å²) in [5, 5.41) is 4.08. The summed E-state index contributed by atoms with van der Waals surface area (Å²) in [5.74, 6) is 0.588. The summed E-state index contributed by atoms with van der Waals surface area (Å²) in [6.07, 6.45) is 1.19. The third-order valence-corrected chi connectivity index (χ3v) is 3.22. The molecular formula is C17H22N2O. The van der Waals surface area contributed by atoms with E-state index in [1.54, 1.807) is 0 Å². The van der Waals surface area contributed by atoms with Crippen LogP contribution in [0.4, 0.5) is 0 Å². The van der Waals surface area contributed by atoms with Crippen LogP contribution in [-0.4, -0.2) is 17.4 Å². The average Bonchev–Trinajstić information content (AvgIpc) is 2.42. The second kappa shape index (κ2) is 6.51. The topological polar surface area (TPSA) is 42.0 Å². The van der Waals surface area contributed by atoms with Gasteiger partial charge in [-0.3, -0.25) is 9.78 Å². The minimum atomic E-state index is 0.101. The Morgan fingerprint density at radius 2 is 2.05 bits per heavy atom. The van der Waals surface area contributed by atoms with E-state index in [0.29, 0.717) is 18.8 Å². The van der Waals surface area contributed by atoms with Gasteiger partial charge in [-0.25, -0.2) is 0 Å². The van der Waals surface area contributed by atoms with Gasteiger partial charge in [0.15, 0.2) is 0 Å². The van der Waals surface area contributed by atoms with Crippen LogP contribution in [0, 0.1) is 12.8 Å². The summed E-state index contributed by atoms with van der Waals surface area (Å²) in [4.78, 5) is 16.3. The van der Waals surface area contributed by atoms with Gasteiger partial charge in [0.1, 0.15) is 0 Å². The van der Waals surface area contributed by atoms with Crippen LogP contribution in [0.15, 0.2) is 30.3 Å². The number of amides is 1. The predicted molar refractivity (Wildman–Crippen MR) is 82.6 cm³/mol. The van der Waals surface area contributed by atoms with E-state index in [4.69, 9.17) is 0 Å². The number of pyridine rings is 1. The van der Waals surface area contributed by atoms with Gasteiger partial charge in [0.05, 0.1) is 5.52 Å². The lowest BCUT2D eigenvalue weighted by atomic mass is 10.1. The van der Waals surface area contributed by atoms with Crippen molar-refractivity contribution in [2.24, 2.45) is 5.92 Å². The monoisotopic (exact) mass is 270 g/mol. The fourth-order valence-corrected chi connectivity index (χ4v) is 2.07. The molecule has 1 aromatic carbocycles. The van der Waals surface area contributed by atoms with Gasteiger partial charge >= 0.3 is 0 Å². The summed E-state index contributed by atoms with van der Waals surface area (Å²) in [6.45, 7) is 7.00. The Bertz CT molecular complexity index is 605. The Morgan fingerprint density at radius 3 is 2.80 bits per heavy atom. The summed E-state index contributed by atoms with van der Waals surface area (Å²) >= 11 is 0. The number of carbonyl (C=O) groups is 1. The summed E-state index contributed by atoms with van der Waals surface area (Å²) < 4.78 is 0. The molecule has 20 heavy (non-hydrogen) atoms. The number of hydrogen-bond donors (Lipinski definition) is 1. The van der Waals surface area contributed by atoms with Crippen LogP contribution in [0.3, 0.4) is 0 Å². The first-order chi connectivity index (χ1) is 9.54. The number of nitrogens with zero attached hydrogens (tertiary/aromatic N) is 1. The molecule has 1 amide bonds. The largest absolute Gasteiger partial charge is 0.356 e. The van der Waals surface area contributed by atoms with E-state index in [-0.39, 0.29) is 5.91 Å². The number of aromatic nitrogens is 1. The van der Waals surface area contributed by atoms with Gasteiger partial charge in [-0.15, -0.1) is 0 Å². The molecule has 0 saturated heterocycles. The lowest BCUT2D eigenvalue weighted by Gasteiger charge is -2.07. The van der Waals surface area contributed by atoms with Crippen molar-refractivity contribution in [2.45, 2.75) is 33.6 Å². The van der Waals surface area contributed by atoms with Crippen molar-refractivity contribution < 1.29 is 4.79 Å². The number of aryl methyl sites for hydroxylation is 2. The number of hydrogen-bond acceptors (Lipinski definition) is 2. The molecule has 0 aliphatic rings. The van der Waals surface area contributed by atoms with Crippen LogP contribution >= 0.6 is 0 Å². The number of carbonyl (C=O) groups excluding carboxylic acids is 1. The number of fused-ring (bicyclic) bond motifs is 1. The molecule has 1 aromatic heterocycles. The van der Waals surface area contributed by atoms with Crippen molar-refractivity contribution in [3.8, 4) is 0 Å². The van der Waals surface area contributed by atoms with Crippen LogP contribution in [0.1, 0.15) is 31.5 Å². The molecule has 106 valence electrons. The SMILES string of the molecule is Cc1ccc2nc(CCC(=O)NCC(C)C)ccc2c1. The zero-order chi connectivity index (χ0) is 14.5. The fourth-order valence-electron chi connectivity index (χ4n) is 2.07. The predicted octanol–water partition coefficient (Wildman–Crippen LogP) is 3.25. The molecule has 2 rings (SSSR count). The van der Waals surface area contributed by atoms with Crippen molar-refractivity contribution in [1.82, 2.24) is 10.3 Å². The highest BCUT2D eigenvalue weighted by molar-refractivity contribution is 5.79. The van der Waals surface area contributed by atoms with Gasteiger partial charge in [0.25, 0.3) is 0 Å².